The van der Waals surface area contributed by atoms with Crippen LogP contribution in [0.15, 0.2) is 249 Å². The summed E-state index contributed by atoms with van der Waals surface area (Å²) in [4.78, 5) is 2.56. The van der Waals surface area contributed by atoms with Gasteiger partial charge in [0.25, 0.3) is 0 Å². The van der Waals surface area contributed by atoms with Gasteiger partial charge in [0.15, 0.2) is 0 Å². The Balaban J connectivity index is 0.925. The van der Waals surface area contributed by atoms with Crippen molar-refractivity contribution in [3.05, 3.63) is 254 Å². The summed E-state index contributed by atoms with van der Waals surface area (Å²) in [7, 11) is 0. The van der Waals surface area contributed by atoms with Gasteiger partial charge in [-0.1, -0.05) is 201 Å². The first-order valence-corrected chi connectivity index (χ1v) is 25.8. The molecule has 0 amide bonds. The summed E-state index contributed by atoms with van der Waals surface area (Å²) in [6.45, 7) is 0. The van der Waals surface area contributed by atoms with Crippen molar-refractivity contribution in [2.45, 2.75) is 38.0 Å². The number of anilines is 3. The Bertz CT molecular complexity index is 3980. The van der Waals surface area contributed by atoms with Crippen molar-refractivity contribution >= 4 is 49.6 Å². The second-order valence-corrected chi connectivity index (χ2v) is 19.8. The Kier molecular flexibility index (Phi) is 10.3. The topological polar surface area (TPSA) is 8.17 Å². The first kappa shape index (κ1) is 42.2. The number of hydrogen-bond donors (Lipinski definition) is 0. The minimum Gasteiger partial charge on any atom is -0.309 e. The number of rotatable bonds is 10. The van der Waals surface area contributed by atoms with Crippen molar-refractivity contribution < 1.29 is 0 Å². The molecule has 1 aromatic heterocycles. The molecule has 0 unspecified atom stereocenters. The molecular formula is C70H52N2. The van der Waals surface area contributed by atoms with Gasteiger partial charge in [-0.3, -0.25) is 0 Å². The fourth-order valence-corrected chi connectivity index (χ4v) is 12.2. The molecule has 0 bridgehead atoms. The number of benzene rings is 11. The first-order chi connectivity index (χ1) is 35.7. The van der Waals surface area contributed by atoms with E-state index in [1.54, 1.807) is 0 Å². The molecule has 10 aromatic carbocycles. The van der Waals surface area contributed by atoms with Gasteiger partial charge in [-0.25, -0.2) is 0 Å². The highest BCUT2D eigenvalue weighted by molar-refractivity contribution is 6.15. The second kappa shape index (κ2) is 17.6. The van der Waals surface area contributed by atoms with Crippen LogP contribution < -0.4 is 4.90 Å². The maximum absolute atomic E-state index is 2.56. The SMILES string of the molecule is c1ccc(-c2ccc(-c3cc4c(N(c5cccc(-c6ccc7c(c6)c6ccccc6n7-c6ccccc6)c5)c5ccccc5-c5cccc6cccc(C7CCCCC7)c56)c-4c3)cc2-c2ccccc2)cc1. The molecular weight excluding hydrogens is 869 g/mol. The van der Waals surface area contributed by atoms with E-state index in [2.05, 4.69) is 258 Å². The maximum atomic E-state index is 2.56. The summed E-state index contributed by atoms with van der Waals surface area (Å²) in [5, 5.41) is 5.22. The largest absolute Gasteiger partial charge is 0.309 e. The second-order valence-electron chi connectivity index (χ2n) is 19.8. The lowest BCUT2D eigenvalue weighted by molar-refractivity contribution is 0.445. The molecule has 0 aliphatic heterocycles. The van der Waals surface area contributed by atoms with Gasteiger partial charge in [0.2, 0.25) is 0 Å². The van der Waals surface area contributed by atoms with E-state index in [9.17, 15) is 0 Å². The van der Waals surface area contributed by atoms with E-state index in [4.69, 9.17) is 0 Å². The van der Waals surface area contributed by atoms with Gasteiger partial charge in [0.05, 0.1) is 22.4 Å². The third kappa shape index (κ3) is 7.25. The maximum Gasteiger partial charge on any atom is 0.0620 e. The van der Waals surface area contributed by atoms with E-state index in [1.807, 2.05) is 0 Å². The van der Waals surface area contributed by atoms with Crippen LogP contribution in [0.2, 0.25) is 0 Å². The Morgan fingerprint density at radius 2 is 0.931 bits per heavy atom. The molecule has 72 heavy (non-hydrogen) atoms. The molecule has 3 aliphatic rings. The van der Waals surface area contributed by atoms with Crippen LogP contribution >= 0.6 is 0 Å². The molecule has 0 N–H and O–H groups in total. The monoisotopic (exact) mass is 920 g/mol. The summed E-state index contributed by atoms with van der Waals surface area (Å²) >= 11 is 0. The van der Waals surface area contributed by atoms with Gasteiger partial charge >= 0.3 is 0 Å². The standard InChI is InChI=1S/C70H52N2/c1-5-20-47(21-6-1)57-40-38-53(43-62(57)49-24-9-3-10-25-49)54-45-64-65(46-54)70(64)72(67-37-16-13-32-59(67)61-35-19-27-50-26-18-34-58(69(50)61)48-22-7-2-8-23-48)56-31-17-28-51(42-56)52-39-41-68-63(44-52)60-33-14-15-36-66(60)71(68)55-29-11-4-12-30-55/h1,3-6,9-21,24-46,48H,2,7-8,22-23H2. The average Bonchev–Trinajstić information content (AvgIpc) is 3.74. The van der Waals surface area contributed by atoms with Crippen molar-refractivity contribution in [3.8, 4) is 72.4 Å². The quantitative estimate of drug-likeness (QED) is 0.133. The molecule has 0 atom stereocenters. The zero-order valence-corrected chi connectivity index (χ0v) is 40.2. The summed E-state index contributed by atoms with van der Waals surface area (Å²) in [5.74, 6) is 0.577. The molecule has 1 saturated carbocycles. The van der Waals surface area contributed by atoms with E-state index in [0.717, 1.165) is 5.69 Å². The van der Waals surface area contributed by atoms with Crippen molar-refractivity contribution in [1.29, 1.82) is 0 Å². The van der Waals surface area contributed by atoms with Crippen LogP contribution in [0, 0.1) is 0 Å². The summed E-state index contributed by atoms with van der Waals surface area (Å²) < 4.78 is 2.39. The highest BCUT2D eigenvalue weighted by atomic mass is 15.2. The number of aromatic nitrogens is 1. The molecule has 2 nitrogen and oxygen atoms in total. The van der Waals surface area contributed by atoms with E-state index in [-0.39, 0.29) is 0 Å². The van der Waals surface area contributed by atoms with Crippen LogP contribution in [0.4, 0.5) is 17.1 Å². The molecule has 2 heteroatoms. The van der Waals surface area contributed by atoms with Crippen LogP contribution in [0.3, 0.4) is 0 Å². The molecule has 11 aromatic rings. The fourth-order valence-electron chi connectivity index (χ4n) is 12.2. The molecule has 14 rings (SSSR count). The van der Waals surface area contributed by atoms with Gasteiger partial charge < -0.3 is 9.47 Å². The lowest BCUT2D eigenvalue weighted by Gasteiger charge is -2.27. The van der Waals surface area contributed by atoms with E-state index < -0.39 is 0 Å². The van der Waals surface area contributed by atoms with Gasteiger partial charge in [0.1, 0.15) is 0 Å². The van der Waals surface area contributed by atoms with Crippen molar-refractivity contribution in [3.63, 3.8) is 0 Å². The van der Waals surface area contributed by atoms with Crippen LogP contribution in [-0.2, 0) is 0 Å². The van der Waals surface area contributed by atoms with Crippen LogP contribution in [0.25, 0.3) is 105 Å². The predicted molar refractivity (Wildman–Crippen MR) is 305 cm³/mol. The minimum absolute atomic E-state index is 0.577. The van der Waals surface area contributed by atoms with Gasteiger partial charge in [-0.2, -0.15) is 0 Å². The molecule has 1 heterocycles. The third-order valence-electron chi connectivity index (χ3n) is 15.6. The smallest absolute Gasteiger partial charge is 0.0620 e. The summed E-state index contributed by atoms with van der Waals surface area (Å²) in [5.41, 5.74) is 23.6. The van der Waals surface area contributed by atoms with E-state index >= 15 is 0 Å². The molecule has 0 radical (unpaired) electrons. The average molecular weight is 921 g/mol. The fraction of sp³-hybridized carbons (Fsp3) is 0.0857. The van der Waals surface area contributed by atoms with Gasteiger partial charge in [-0.05, 0) is 152 Å². The summed E-state index contributed by atoms with van der Waals surface area (Å²) in [6, 6.07) is 92.3. The number of fused-ring (bicyclic) bond motifs is 5. The number of para-hydroxylation sites is 3. The minimum atomic E-state index is 0.577. The Labute approximate surface area is 421 Å². The van der Waals surface area contributed by atoms with E-state index in [0.29, 0.717) is 5.92 Å². The molecule has 0 spiro atoms. The van der Waals surface area contributed by atoms with Gasteiger partial charge in [0, 0.05) is 38.8 Å². The van der Waals surface area contributed by atoms with Crippen molar-refractivity contribution in [2.24, 2.45) is 0 Å². The Hall–Kier alpha value is -8.72. The highest BCUT2D eigenvalue weighted by Gasteiger charge is 2.34. The Morgan fingerprint density at radius 3 is 1.72 bits per heavy atom. The van der Waals surface area contributed by atoms with Crippen molar-refractivity contribution in [1.82, 2.24) is 4.57 Å². The van der Waals surface area contributed by atoms with Gasteiger partial charge in [-0.15, -0.1) is 0 Å². The lowest BCUT2D eigenvalue weighted by atomic mass is 9.80. The zero-order chi connectivity index (χ0) is 47.5. The van der Waals surface area contributed by atoms with Crippen LogP contribution in [-0.4, -0.2) is 4.57 Å². The number of nitrogens with zero attached hydrogens (tertiary/aromatic N) is 2. The Morgan fingerprint density at radius 1 is 0.347 bits per heavy atom. The first-order valence-electron chi connectivity index (χ1n) is 25.8. The molecule has 3 aliphatic carbocycles. The van der Waals surface area contributed by atoms with Crippen LogP contribution in [0.1, 0.15) is 43.6 Å². The van der Waals surface area contributed by atoms with Crippen LogP contribution in [0.5, 0.6) is 0 Å². The lowest BCUT2D eigenvalue weighted by Crippen LogP contribution is -2.09. The molecule has 1 fully saturated rings. The zero-order valence-electron chi connectivity index (χ0n) is 40.2. The number of hydrogen-bond acceptors (Lipinski definition) is 1. The third-order valence-corrected chi connectivity index (χ3v) is 15.6. The molecule has 342 valence electrons. The normalized spacial score (nSPS) is 13.2. The predicted octanol–water partition coefficient (Wildman–Crippen LogP) is 19.8. The highest BCUT2D eigenvalue weighted by Crippen LogP contribution is 2.60. The summed E-state index contributed by atoms with van der Waals surface area (Å²) in [6.07, 6.45) is 6.46. The van der Waals surface area contributed by atoms with Crippen molar-refractivity contribution in [2.75, 3.05) is 4.90 Å². The molecule has 0 saturated heterocycles. The van der Waals surface area contributed by atoms with E-state index in [1.165, 1.54) is 154 Å².